The van der Waals surface area contributed by atoms with Crippen LogP contribution in [0.3, 0.4) is 0 Å². The van der Waals surface area contributed by atoms with Crippen LogP contribution in [-0.4, -0.2) is 48.9 Å². The van der Waals surface area contributed by atoms with Gasteiger partial charge in [0.05, 0.1) is 11.8 Å². The lowest BCUT2D eigenvalue weighted by molar-refractivity contribution is -0.140. The molecule has 1 saturated carbocycles. The van der Waals surface area contributed by atoms with Crippen molar-refractivity contribution >= 4 is 17.8 Å². The van der Waals surface area contributed by atoms with Crippen LogP contribution in [0.4, 0.5) is 0 Å². The summed E-state index contributed by atoms with van der Waals surface area (Å²) in [6.45, 7) is 6.56. The van der Waals surface area contributed by atoms with Crippen LogP contribution in [0.1, 0.15) is 38.2 Å². The Morgan fingerprint density at radius 2 is 1.73 bits per heavy atom. The van der Waals surface area contributed by atoms with E-state index in [1.165, 1.54) is 10.5 Å². The van der Waals surface area contributed by atoms with E-state index < -0.39 is 0 Å². The van der Waals surface area contributed by atoms with Gasteiger partial charge in [0.2, 0.25) is 11.8 Å². The van der Waals surface area contributed by atoms with Crippen LogP contribution in [0.2, 0.25) is 0 Å². The molecule has 0 radical (unpaired) electrons. The van der Waals surface area contributed by atoms with E-state index in [1.807, 2.05) is 13.0 Å². The Morgan fingerprint density at radius 1 is 1.07 bits per heavy atom. The molecular weight excluding hydrogens is 376 g/mol. The minimum absolute atomic E-state index is 0.0146. The van der Waals surface area contributed by atoms with Gasteiger partial charge in [-0.15, -0.1) is 0 Å². The van der Waals surface area contributed by atoms with Crippen molar-refractivity contribution in [2.45, 2.75) is 32.6 Å². The third-order valence-electron chi connectivity index (χ3n) is 6.77. The van der Waals surface area contributed by atoms with Crippen molar-refractivity contribution in [1.82, 2.24) is 15.5 Å². The summed E-state index contributed by atoms with van der Waals surface area (Å²) >= 11 is 0. The number of rotatable bonds is 8. The first-order valence-electron chi connectivity index (χ1n) is 11.2. The predicted molar refractivity (Wildman–Crippen MR) is 118 cm³/mol. The largest absolute Gasteiger partial charge is 0.357 e. The van der Waals surface area contributed by atoms with Gasteiger partial charge in [0.1, 0.15) is 0 Å². The highest BCUT2D eigenvalue weighted by Crippen LogP contribution is 2.52. The number of guanidine groups is 1. The van der Waals surface area contributed by atoms with E-state index in [-0.39, 0.29) is 35.5 Å². The van der Waals surface area contributed by atoms with Crippen LogP contribution in [0.25, 0.3) is 0 Å². The van der Waals surface area contributed by atoms with Gasteiger partial charge in [0.25, 0.3) is 0 Å². The number of carbonyl (C=O) groups excluding carboxylic acids is 2. The summed E-state index contributed by atoms with van der Waals surface area (Å²) < 4.78 is 0. The maximum atomic E-state index is 12.8. The summed E-state index contributed by atoms with van der Waals surface area (Å²) in [6.07, 6.45) is 6.25. The second kappa shape index (κ2) is 9.02. The Balaban J connectivity index is 1.33. The van der Waals surface area contributed by atoms with E-state index in [0.717, 1.165) is 25.3 Å². The van der Waals surface area contributed by atoms with E-state index in [1.54, 1.807) is 0 Å². The molecule has 1 aliphatic heterocycles. The number of hydrogen-bond donors (Lipinski definition) is 2. The van der Waals surface area contributed by atoms with Crippen molar-refractivity contribution < 1.29 is 9.59 Å². The Morgan fingerprint density at radius 3 is 2.33 bits per heavy atom. The van der Waals surface area contributed by atoms with Crippen LogP contribution in [-0.2, 0) is 9.59 Å². The molecule has 2 fully saturated rings. The first-order valence-corrected chi connectivity index (χ1v) is 11.2. The zero-order valence-electron chi connectivity index (χ0n) is 17.9. The number of allylic oxidation sites excluding steroid dienone is 2. The number of fused-ring (bicyclic) bond motifs is 5. The van der Waals surface area contributed by atoms with Crippen LogP contribution >= 0.6 is 0 Å². The third kappa shape index (κ3) is 3.87. The number of imide groups is 1. The third-order valence-corrected chi connectivity index (χ3v) is 6.77. The summed E-state index contributed by atoms with van der Waals surface area (Å²) in [4.78, 5) is 31.8. The molecule has 4 rings (SSSR count). The lowest BCUT2D eigenvalue weighted by atomic mass is 9.85. The minimum atomic E-state index is -0.120. The summed E-state index contributed by atoms with van der Waals surface area (Å²) in [5, 5.41) is 6.57. The molecule has 6 heteroatoms. The molecule has 2 bridgehead atoms. The lowest BCUT2D eigenvalue weighted by Crippen LogP contribution is -2.43. The Hall–Kier alpha value is -2.63. The van der Waals surface area contributed by atoms with Crippen molar-refractivity contribution in [1.29, 1.82) is 0 Å². The van der Waals surface area contributed by atoms with E-state index in [2.05, 4.69) is 54.0 Å². The van der Waals surface area contributed by atoms with Crippen molar-refractivity contribution in [3.63, 3.8) is 0 Å². The SMILES string of the molecule is CCNC(=NCC(CC)c1ccccc1)NCCN1C(=O)C2C3C=CC(C3)C2C1=O. The van der Waals surface area contributed by atoms with Crippen LogP contribution in [0, 0.1) is 23.7 Å². The zero-order chi connectivity index (χ0) is 21.1. The maximum absolute atomic E-state index is 12.8. The average Bonchev–Trinajstić information content (AvgIpc) is 3.44. The highest BCUT2D eigenvalue weighted by Gasteiger charge is 2.58. The summed E-state index contributed by atoms with van der Waals surface area (Å²) in [7, 11) is 0. The number of nitrogens with zero attached hydrogens (tertiary/aromatic N) is 2. The van der Waals surface area contributed by atoms with Crippen molar-refractivity contribution in [2.24, 2.45) is 28.7 Å². The molecule has 0 spiro atoms. The molecule has 5 atom stereocenters. The fourth-order valence-corrected chi connectivity index (χ4v) is 5.21. The molecule has 3 aliphatic rings. The smallest absolute Gasteiger partial charge is 0.233 e. The molecular formula is C24H32N4O2. The first-order chi connectivity index (χ1) is 14.6. The Kier molecular flexibility index (Phi) is 6.21. The molecule has 6 nitrogen and oxygen atoms in total. The summed E-state index contributed by atoms with van der Waals surface area (Å²) in [5.41, 5.74) is 1.29. The van der Waals surface area contributed by atoms with Gasteiger partial charge in [0.15, 0.2) is 5.96 Å². The molecule has 30 heavy (non-hydrogen) atoms. The predicted octanol–water partition coefficient (Wildman–Crippen LogP) is 2.54. The van der Waals surface area contributed by atoms with Gasteiger partial charge >= 0.3 is 0 Å². The number of hydrogen-bond acceptors (Lipinski definition) is 3. The van der Waals surface area contributed by atoms with E-state index in [4.69, 9.17) is 4.99 Å². The highest BCUT2D eigenvalue weighted by molar-refractivity contribution is 6.06. The summed E-state index contributed by atoms with van der Waals surface area (Å²) in [6, 6.07) is 10.4. The number of amides is 2. The van der Waals surface area contributed by atoms with E-state index >= 15 is 0 Å². The van der Waals surface area contributed by atoms with Crippen molar-refractivity contribution in [2.75, 3.05) is 26.2 Å². The molecule has 1 aromatic rings. The standard InChI is InChI=1S/C24H32N4O2/c1-3-16(17-8-6-5-7-9-17)15-27-24(25-4-2)26-12-13-28-22(29)20-18-10-11-19(14-18)21(20)23(28)30/h5-11,16,18-21H,3-4,12-15H2,1-2H3,(H2,25,26,27). The fraction of sp³-hybridized carbons (Fsp3) is 0.542. The van der Waals surface area contributed by atoms with Gasteiger partial charge in [-0.25, -0.2) is 0 Å². The zero-order valence-corrected chi connectivity index (χ0v) is 17.9. The Bertz CT molecular complexity index is 805. The first kappa shape index (κ1) is 20.6. The van der Waals surface area contributed by atoms with Gasteiger partial charge in [0, 0.05) is 32.1 Å². The van der Waals surface area contributed by atoms with Crippen LogP contribution in [0.15, 0.2) is 47.5 Å². The lowest BCUT2D eigenvalue weighted by Gasteiger charge is -2.19. The number of aliphatic imine (C=N–C) groups is 1. The van der Waals surface area contributed by atoms with Crippen LogP contribution < -0.4 is 10.6 Å². The molecule has 1 heterocycles. The summed E-state index contributed by atoms with van der Waals surface area (Å²) in [5.74, 6) is 1.41. The van der Waals surface area contributed by atoms with Gasteiger partial charge in [-0.2, -0.15) is 0 Å². The second-order valence-electron chi connectivity index (χ2n) is 8.49. The molecule has 5 unspecified atom stereocenters. The Labute approximate surface area is 178 Å². The monoisotopic (exact) mass is 408 g/mol. The molecule has 2 aliphatic carbocycles. The molecule has 2 amide bonds. The van der Waals surface area contributed by atoms with Gasteiger partial charge in [-0.1, -0.05) is 49.4 Å². The molecule has 160 valence electrons. The molecule has 1 aromatic carbocycles. The maximum Gasteiger partial charge on any atom is 0.233 e. The topological polar surface area (TPSA) is 73.8 Å². The normalized spacial score (nSPS) is 28.2. The van der Waals surface area contributed by atoms with Gasteiger partial charge in [-0.3, -0.25) is 19.5 Å². The number of nitrogens with one attached hydrogen (secondary N) is 2. The fourth-order valence-electron chi connectivity index (χ4n) is 5.21. The average molecular weight is 409 g/mol. The number of likely N-dealkylation sites (tertiary alicyclic amines) is 1. The van der Waals surface area contributed by atoms with E-state index in [9.17, 15) is 9.59 Å². The highest BCUT2D eigenvalue weighted by atomic mass is 16.2. The number of carbonyl (C=O) groups is 2. The van der Waals surface area contributed by atoms with Crippen molar-refractivity contribution in [3.05, 3.63) is 48.0 Å². The molecule has 2 N–H and O–H groups in total. The number of benzene rings is 1. The van der Waals surface area contributed by atoms with Gasteiger partial charge < -0.3 is 10.6 Å². The molecule has 1 saturated heterocycles. The molecule has 0 aromatic heterocycles. The second-order valence-corrected chi connectivity index (χ2v) is 8.49. The van der Waals surface area contributed by atoms with Crippen LogP contribution in [0.5, 0.6) is 0 Å². The quantitative estimate of drug-likeness (QED) is 0.300. The minimum Gasteiger partial charge on any atom is -0.357 e. The van der Waals surface area contributed by atoms with Crippen molar-refractivity contribution in [3.8, 4) is 0 Å². The van der Waals surface area contributed by atoms with E-state index in [0.29, 0.717) is 25.6 Å². The van der Waals surface area contributed by atoms with Gasteiger partial charge in [-0.05, 0) is 37.2 Å².